The van der Waals surface area contributed by atoms with Gasteiger partial charge in [0, 0.05) is 26.4 Å². The molecule has 0 aliphatic carbocycles. The Kier molecular flexibility index (Phi) is 9.93. The fourth-order valence-corrected chi connectivity index (χ4v) is 2.10. The van der Waals surface area contributed by atoms with E-state index in [1.165, 1.54) is 0 Å². The van der Waals surface area contributed by atoms with Gasteiger partial charge in [0.2, 0.25) is 0 Å². The monoisotopic (exact) mass is 459 g/mol. The van der Waals surface area contributed by atoms with E-state index >= 15 is 0 Å². The van der Waals surface area contributed by atoms with Crippen molar-refractivity contribution in [2.45, 2.75) is 13.5 Å². The second-order valence-electron chi connectivity index (χ2n) is 5.06. The molecule has 7 nitrogen and oxygen atoms in total. The number of rotatable bonds is 8. The molecule has 138 valence electrons. The van der Waals surface area contributed by atoms with Gasteiger partial charge in [-0.25, -0.2) is 9.67 Å². The van der Waals surface area contributed by atoms with Gasteiger partial charge in [-0.1, -0.05) is 0 Å². The molecule has 0 saturated heterocycles. The molecule has 0 atom stereocenters. The van der Waals surface area contributed by atoms with E-state index in [9.17, 15) is 0 Å². The summed E-state index contributed by atoms with van der Waals surface area (Å²) in [4.78, 5) is 4.53. The molecule has 1 aromatic heterocycles. The molecule has 1 heterocycles. The lowest BCUT2D eigenvalue weighted by molar-refractivity contribution is 0.203. The number of halogens is 1. The molecule has 0 aliphatic rings. The summed E-state index contributed by atoms with van der Waals surface area (Å²) in [6, 6.07) is 9.73. The number of aliphatic imine (C=N–C) groups is 1. The number of hydrogen-bond acceptors (Lipinski definition) is 4. The van der Waals surface area contributed by atoms with Crippen LogP contribution < -0.4 is 15.4 Å². The van der Waals surface area contributed by atoms with E-state index in [-0.39, 0.29) is 24.0 Å². The Morgan fingerprint density at radius 1 is 1.16 bits per heavy atom. The second-order valence-corrected chi connectivity index (χ2v) is 5.06. The first-order valence-electron chi connectivity index (χ1n) is 7.97. The highest BCUT2D eigenvalue weighted by molar-refractivity contribution is 14.0. The Labute approximate surface area is 165 Å². The first kappa shape index (κ1) is 21.2. The predicted molar refractivity (Wildman–Crippen MR) is 110 cm³/mol. The zero-order valence-corrected chi connectivity index (χ0v) is 17.2. The molecule has 8 heteroatoms. The van der Waals surface area contributed by atoms with Crippen LogP contribution in [0, 0.1) is 0 Å². The minimum absolute atomic E-state index is 0. The van der Waals surface area contributed by atoms with Gasteiger partial charge in [0.05, 0.1) is 31.6 Å². The van der Waals surface area contributed by atoms with Crippen LogP contribution in [0.15, 0.2) is 41.5 Å². The fourth-order valence-electron chi connectivity index (χ4n) is 2.10. The van der Waals surface area contributed by atoms with Crippen molar-refractivity contribution in [3.8, 4) is 11.4 Å². The molecule has 0 saturated carbocycles. The molecule has 1 aromatic carbocycles. The molecule has 0 spiro atoms. The van der Waals surface area contributed by atoms with Gasteiger partial charge >= 0.3 is 0 Å². The first-order chi connectivity index (χ1) is 11.8. The summed E-state index contributed by atoms with van der Waals surface area (Å²) in [5.41, 5.74) is 1.88. The van der Waals surface area contributed by atoms with Crippen molar-refractivity contribution in [1.29, 1.82) is 0 Å². The first-order valence-corrected chi connectivity index (χ1v) is 7.97. The third kappa shape index (κ3) is 6.91. The van der Waals surface area contributed by atoms with Crippen molar-refractivity contribution in [1.82, 2.24) is 20.4 Å². The van der Waals surface area contributed by atoms with Crippen molar-refractivity contribution in [3.63, 3.8) is 0 Å². The lowest BCUT2D eigenvalue weighted by atomic mass is 10.3. The van der Waals surface area contributed by atoms with Gasteiger partial charge in [0.1, 0.15) is 5.75 Å². The Hall–Kier alpha value is -1.81. The Morgan fingerprint density at radius 3 is 2.56 bits per heavy atom. The number of nitrogens with zero attached hydrogens (tertiary/aromatic N) is 3. The van der Waals surface area contributed by atoms with Crippen LogP contribution in [-0.4, -0.2) is 49.7 Å². The molecule has 0 fully saturated rings. The lowest BCUT2D eigenvalue weighted by Gasteiger charge is -2.10. The van der Waals surface area contributed by atoms with E-state index in [0.29, 0.717) is 19.7 Å². The zero-order valence-electron chi connectivity index (χ0n) is 14.9. The van der Waals surface area contributed by atoms with Crippen molar-refractivity contribution in [2.24, 2.45) is 4.99 Å². The quantitative estimate of drug-likeness (QED) is 0.274. The highest BCUT2D eigenvalue weighted by Gasteiger charge is 2.03. The maximum atomic E-state index is 5.17. The maximum absolute atomic E-state index is 5.17. The third-order valence-corrected chi connectivity index (χ3v) is 3.32. The van der Waals surface area contributed by atoms with Gasteiger partial charge in [-0.05, 0) is 37.3 Å². The fraction of sp³-hybridized carbons (Fsp3) is 0.412. The number of aromatic nitrogens is 2. The minimum Gasteiger partial charge on any atom is -0.497 e. The molecule has 2 aromatic rings. The summed E-state index contributed by atoms with van der Waals surface area (Å²) in [6.07, 6.45) is 1.93. The minimum atomic E-state index is 0. The summed E-state index contributed by atoms with van der Waals surface area (Å²) in [6.45, 7) is 4.69. The van der Waals surface area contributed by atoms with Crippen LogP contribution in [0.1, 0.15) is 12.6 Å². The van der Waals surface area contributed by atoms with Crippen LogP contribution in [0.4, 0.5) is 0 Å². The molecule has 0 aliphatic heterocycles. The molecule has 0 unspecified atom stereocenters. The van der Waals surface area contributed by atoms with Crippen LogP contribution in [0.25, 0.3) is 5.69 Å². The molecule has 2 N–H and O–H groups in total. The zero-order chi connectivity index (χ0) is 17.2. The van der Waals surface area contributed by atoms with Crippen LogP contribution in [0.3, 0.4) is 0 Å². The van der Waals surface area contributed by atoms with Gasteiger partial charge in [0.25, 0.3) is 0 Å². The van der Waals surface area contributed by atoms with E-state index in [2.05, 4.69) is 20.7 Å². The number of ether oxygens (including phenoxy) is 2. The SMILES string of the molecule is CCNC(=NCc1ccn(-c2ccc(OC)cc2)n1)NCCOC.I. The highest BCUT2D eigenvalue weighted by Crippen LogP contribution is 2.14. The largest absolute Gasteiger partial charge is 0.497 e. The summed E-state index contributed by atoms with van der Waals surface area (Å²) >= 11 is 0. The van der Waals surface area contributed by atoms with E-state index in [1.54, 1.807) is 14.2 Å². The van der Waals surface area contributed by atoms with Gasteiger partial charge in [0.15, 0.2) is 5.96 Å². The molecule has 2 rings (SSSR count). The summed E-state index contributed by atoms with van der Waals surface area (Å²) in [5, 5.41) is 11.0. The van der Waals surface area contributed by atoms with Crippen molar-refractivity contribution < 1.29 is 9.47 Å². The molecule has 0 bridgehead atoms. The van der Waals surface area contributed by atoms with Gasteiger partial charge in [-0.2, -0.15) is 5.10 Å². The number of hydrogen-bond donors (Lipinski definition) is 2. The van der Waals surface area contributed by atoms with E-state index in [0.717, 1.165) is 29.6 Å². The molecular formula is C17H26IN5O2. The van der Waals surface area contributed by atoms with E-state index < -0.39 is 0 Å². The van der Waals surface area contributed by atoms with Crippen molar-refractivity contribution >= 4 is 29.9 Å². The number of methoxy groups -OCH3 is 2. The normalized spacial score (nSPS) is 10.9. The summed E-state index contributed by atoms with van der Waals surface area (Å²) < 4.78 is 12.0. The second kappa shape index (κ2) is 11.7. The Morgan fingerprint density at radius 2 is 1.92 bits per heavy atom. The smallest absolute Gasteiger partial charge is 0.191 e. The summed E-state index contributed by atoms with van der Waals surface area (Å²) in [5.74, 6) is 1.58. The van der Waals surface area contributed by atoms with Gasteiger partial charge in [-0.15, -0.1) is 24.0 Å². The maximum Gasteiger partial charge on any atom is 0.191 e. The molecular weight excluding hydrogens is 433 g/mol. The Balaban J connectivity index is 0.00000312. The van der Waals surface area contributed by atoms with Crippen LogP contribution in [-0.2, 0) is 11.3 Å². The average Bonchev–Trinajstić information content (AvgIpc) is 3.09. The van der Waals surface area contributed by atoms with E-state index in [4.69, 9.17) is 9.47 Å². The lowest BCUT2D eigenvalue weighted by Crippen LogP contribution is -2.38. The summed E-state index contributed by atoms with van der Waals surface area (Å²) in [7, 11) is 3.33. The van der Waals surface area contributed by atoms with Gasteiger partial charge in [-0.3, -0.25) is 0 Å². The highest BCUT2D eigenvalue weighted by atomic mass is 127. The van der Waals surface area contributed by atoms with E-state index in [1.807, 2.05) is 48.1 Å². The van der Waals surface area contributed by atoms with Crippen molar-refractivity contribution in [3.05, 3.63) is 42.2 Å². The molecule has 0 amide bonds. The van der Waals surface area contributed by atoms with Crippen molar-refractivity contribution in [2.75, 3.05) is 33.9 Å². The number of benzene rings is 1. The average molecular weight is 459 g/mol. The predicted octanol–water partition coefficient (Wildman–Crippen LogP) is 2.20. The number of nitrogens with one attached hydrogen (secondary N) is 2. The standard InChI is InChI=1S/C17H25N5O2.HI/c1-4-18-17(19-10-12-23-2)20-13-14-9-11-22(21-14)15-5-7-16(24-3)8-6-15;/h5-9,11H,4,10,12-13H2,1-3H3,(H2,18,19,20);1H. The van der Waals surface area contributed by atoms with Crippen LogP contribution in [0.5, 0.6) is 5.75 Å². The number of guanidine groups is 1. The third-order valence-electron chi connectivity index (χ3n) is 3.32. The molecule has 0 radical (unpaired) electrons. The Bertz CT molecular complexity index is 643. The van der Waals surface area contributed by atoms with Crippen LogP contribution in [0.2, 0.25) is 0 Å². The van der Waals surface area contributed by atoms with Gasteiger partial charge < -0.3 is 20.1 Å². The topological polar surface area (TPSA) is 72.7 Å². The van der Waals surface area contributed by atoms with Crippen LogP contribution >= 0.6 is 24.0 Å². The molecule has 25 heavy (non-hydrogen) atoms.